The van der Waals surface area contributed by atoms with Crippen molar-refractivity contribution in [3.63, 3.8) is 0 Å². The first-order valence-corrected chi connectivity index (χ1v) is 8.57. The smallest absolute Gasteiger partial charge is 0.310 e. The number of nitrogens with zero attached hydrogens (tertiary/aromatic N) is 1. The van der Waals surface area contributed by atoms with Crippen LogP contribution in [-0.2, 0) is 27.3 Å². The Bertz CT molecular complexity index is 976. The summed E-state index contributed by atoms with van der Waals surface area (Å²) in [5, 5.41) is 10.2. The van der Waals surface area contributed by atoms with Gasteiger partial charge in [0, 0.05) is 30.6 Å². The number of benzene rings is 2. The SMILES string of the molecule is Cc1ccccc1CN(C)C(=O)COC(=O)Cc1coc2cc(O)ccc12. The normalized spacial score (nSPS) is 10.7. The minimum atomic E-state index is -0.511. The van der Waals surface area contributed by atoms with E-state index in [2.05, 4.69) is 0 Å². The van der Waals surface area contributed by atoms with E-state index in [4.69, 9.17) is 9.15 Å². The second-order valence-corrected chi connectivity index (χ2v) is 6.46. The number of aryl methyl sites for hydroxylation is 1. The Labute approximate surface area is 157 Å². The van der Waals surface area contributed by atoms with Gasteiger partial charge >= 0.3 is 5.97 Å². The second kappa shape index (κ2) is 7.95. The fourth-order valence-electron chi connectivity index (χ4n) is 2.80. The van der Waals surface area contributed by atoms with Crippen molar-refractivity contribution in [3.8, 4) is 5.75 Å². The molecule has 0 aliphatic rings. The number of fused-ring (bicyclic) bond motifs is 1. The maximum atomic E-state index is 12.2. The predicted molar refractivity (Wildman–Crippen MR) is 100 cm³/mol. The number of aromatic hydroxyl groups is 1. The zero-order valence-electron chi connectivity index (χ0n) is 15.3. The third kappa shape index (κ3) is 4.47. The first-order valence-electron chi connectivity index (χ1n) is 8.57. The van der Waals surface area contributed by atoms with Gasteiger partial charge in [0.2, 0.25) is 0 Å². The van der Waals surface area contributed by atoms with Crippen LogP contribution in [-0.4, -0.2) is 35.5 Å². The van der Waals surface area contributed by atoms with Gasteiger partial charge in [-0.2, -0.15) is 0 Å². The highest BCUT2D eigenvalue weighted by atomic mass is 16.5. The lowest BCUT2D eigenvalue weighted by Crippen LogP contribution is -2.31. The summed E-state index contributed by atoms with van der Waals surface area (Å²) in [4.78, 5) is 25.8. The zero-order valence-corrected chi connectivity index (χ0v) is 15.3. The van der Waals surface area contributed by atoms with E-state index in [0.29, 0.717) is 17.7 Å². The number of ether oxygens (including phenoxy) is 1. The number of carbonyl (C=O) groups excluding carboxylic acids is 2. The number of rotatable bonds is 6. The topological polar surface area (TPSA) is 80.0 Å². The van der Waals surface area contributed by atoms with Crippen LogP contribution in [0.15, 0.2) is 53.1 Å². The quantitative estimate of drug-likeness (QED) is 0.677. The van der Waals surface area contributed by atoms with E-state index >= 15 is 0 Å². The monoisotopic (exact) mass is 367 g/mol. The molecule has 0 aliphatic heterocycles. The molecule has 1 aromatic heterocycles. The Kier molecular flexibility index (Phi) is 5.45. The largest absolute Gasteiger partial charge is 0.508 e. The van der Waals surface area contributed by atoms with E-state index in [1.165, 1.54) is 23.3 Å². The lowest BCUT2D eigenvalue weighted by atomic mass is 10.1. The molecule has 6 nitrogen and oxygen atoms in total. The molecule has 140 valence electrons. The number of phenolic OH excluding ortho intramolecular Hbond substituents is 1. The van der Waals surface area contributed by atoms with Gasteiger partial charge in [-0.15, -0.1) is 0 Å². The summed E-state index contributed by atoms with van der Waals surface area (Å²) in [6.45, 7) is 2.14. The second-order valence-electron chi connectivity index (χ2n) is 6.46. The standard InChI is InChI=1S/C21H21NO5/c1-14-5-3-4-6-15(14)11-22(2)20(24)13-27-21(25)9-16-12-26-19-10-17(23)7-8-18(16)19/h3-8,10,12,23H,9,11,13H2,1-2H3. The van der Waals surface area contributed by atoms with Crippen LogP contribution in [0.4, 0.5) is 0 Å². The zero-order chi connectivity index (χ0) is 19.4. The summed E-state index contributed by atoms with van der Waals surface area (Å²) in [7, 11) is 1.68. The van der Waals surface area contributed by atoms with Gasteiger partial charge in [0.15, 0.2) is 6.61 Å². The molecule has 0 aliphatic carbocycles. The highest BCUT2D eigenvalue weighted by Crippen LogP contribution is 2.25. The van der Waals surface area contributed by atoms with Crippen molar-refractivity contribution in [2.45, 2.75) is 19.9 Å². The van der Waals surface area contributed by atoms with Gasteiger partial charge in [-0.1, -0.05) is 24.3 Å². The maximum Gasteiger partial charge on any atom is 0.310 e. The third-order valence-corrected chi connectivity index (χ3v) is 4.43. The van der Waals surface area contributed by atoms with E-state index in [0.717, 1.165) is 16.5 Å². The van der Waals surface area contributed by atoms with E-state index in [9.17, 15) is 14.7 Å². The minimum Gasteiger partial charge on any atom is -0.508 e. The highest BCUT2D eigenvalue weighted by Gasteiger charge is 2.16. The molecule has 2 aromatic carbocycles. The third-order valence-electron chi connectivity index (χ3n) is 4.43. The van der Waals surface area contributed by atoms with E-state index in [1.807, 2.05) is 31.2 Å². The number of carbonyl (C=O) groups is 2. The van der Waals surface area contributed by atoms with Crippen molar-refractivity contribution in [1.82, 2.24) is 4.90 Å². The summed E-state index contributed by atoms with van der Waals surface area (Å²) >= 11 is 0. The van der Waals surface area contributed by atoms with Crippen molar-refractivity contribution >= 4 is 22.8 Å². The molecule has 0 fully saturated rings. The lowest BCUT2D eigenvalue weighted by molar-refractivity contribution is -0.151. The predicted octanol–water partition coefficient (Wildman–Crippen LogP) is 3.19. The molecular weight excluding hydrogens is 346 g/mol. The Morgan fingerprint density at radius 3 is 2.70 bits per heavy atom. The molecule has 0 bridgehead atoms. The molecule has 0 saturated carbocycles. The summed E-state index contributed by atoms with van der Waals surface area (Å²) in [5.41, 5.74) is 3.29. The maximum absolute atomic E-state index is 12.2. The van der Waals surface area contributed by atoms with Crippen molar-refractivity contribution in [2.24, 2.45) is 0 Å². The van der Waals surface area contributed by atoms with Gasteiger partial charge in [0.05, 0.1) is 12.7 Å². The van der Waals surface area contributed by atoms with Crippen molar-refractivity contribution in [1.29, 1.82) is 0 Å². The number of phenols is 1. The van der Waals surface area contributed by atoms with Crippen molar-refractivity contribution < 1.29 is 23.8 Å². The summed E-state index contributed by atoms with van der Waals surface area (Å²) in [6.07, 6.45) is 1.45. The number of amides is 1. The van der Waals surface area contributed by atoms with Crippen LogP contribution in [0.3, 0.4) is 0 Å². The van der Waals surface area contributed by atoms with Crippen LogP contribution in [0.1, 0.15) is 16.7 Å². The average Bonchev–Trinajstić information content (AvgIpc) is 3.03. The Hall–Kier alpha value is -3.28. The number of furan rings is 1. The summed E-state index contributed by atoms with van der Waals surface area (Å²) in [5.74, 6) is -0.690. The lowest BCUT2D eigenvalue weighted by Gasteiger charge is -2.18. The van der Waals surface area contributed by atoms with Crippen LogP contribution in [0, 0.1) is 6.92 Å². The molecule has 6 heteroatoms. The molecule has 27 heavy (non-hydrogen) atoms. The molecule has 0 atom stereocenters. The highest BCUT2D eigenvalue weighted by molar-refractivity contribution is 5.87. The summed E-state index contributed by atoms with van der Waals surface area (Å²) in [6, 6.07) is 12.5. The number of likely N-dealkylation sites (N-methyl/N-ethyl adjacent to an activating group) is 1. The Balaban J connectivity index is 1.53. The Morgan fingerprint density at radius 2 is 1.93 bits per heavy atom. The van der Waals surface area contributed by atoms with Gasteiger partial charge in [-0.3, -0.25) is 9.59 Å². The van der Waals surface area contributed by atoms with E-state index in [1.54, 1.807) is 13.1 Å². The average molecular weight is 367 g/mol. The first-order chi connectivity index (χ1) is 12.9. The van der Waals surface area contributed by atoms with Gasteiger partial charge < -0.3 is 19.2 Å². The Morgan fingerprint density at radius 1 is 1.15 bits per heavy atom. The minimum absolute atomic E-state index is 0.00738. The molecule has 0 spiro atoms. The molecular formula is C21H21NO5. The molecule has 0 unspecified atom stereocenters. The summed E-state index contributed by atoms with van der Waals surface area (Å²) < 4.78 is 10.4. The number of hydrogen-bond acceptors (Lipinski definition) is 5. The molecule has 3 rings (SSSR count). The van der Waals surface area contributed by atoms with Gasteiger partial charge in [0.25, 0.3) is 5.91 Å². The van der Waals surface area contributed by atoms with Crippen LogP contribution in [0.2, 0.25) is 0 Å². The van der Waals surface area contributed by atoms with Crippen LogP contribution in [0.25, 0.3) is 11.0 Å². The number of esters is 1. The molecule has 1 N–H and O–H groups in total. The first kappa shape index (κ1) is 18.5. The van der Waals surface area contributed by atoms with Gasteiger partial charge in [-0.25, -0.2) is 0 Å². The molecule has 1 heterocycles. The van der Waals surface area contributed by atoms with Crippen LogP contribution in [0.5, 0.6) is 5.75 Å². The molecule has 0 radical (unpaired) electrons. The fraction of sp³-hybridized carbons (Fsp3) is 0.238. The molecule has 0 saturated heterocycles. The van der Waals surface area contributed by atoms with Gasteiger partial charge in [0.1, 0.15) is 11.3 Å². The van der Waals surface area contributed by atoms with Crippen molar-refractivity contribution in [3.05, 3.63) is 65.4 Å². The van der Waals surface area contributed by atoms with Crippen molar-refractivity contribution in [2.75, 3.05) is 13.7 Å². The number of hydrogen-bond donors (Lipinski definition) is 1. The van der Waals surface area contributed by atoms with E-state index < -0.39 is 5.97 Å². The van der Waals surface area contributed by atoms with E-state index in [-0.39, 0.29) is 24.7 Å². The van der Waals surface area contributed by atoms with Crippen LogP contribution < -0.4 is 0 Å². The molecule has 1 amide bonds. The molecule has 3 aromatic rings. The van der Waals surface area contributed by atoms with Crippen LogP contribution >= 0.6 is 0 Å². The van der Waals surface area contributed by atoms with Gasteiger partial charge in [-0.05, 0) is 30.2 Å². The fourth-order valence-corrected chi connectivity index (χ4v) is 2.80.